The molecule has 3 N–H and O–H groups in total. The van der Waals surface area contributed by atoms with E-state index in [2.05, 4.69) is 16.0 Å². The highest BCUT2D eigenvalue weighted by molar-refractivity contribution is 5.95. The van der Waals surface area contributed by atoms with Gasteiger partial charge in [-0.2, -0.15) is 0 Å². The van der Waals surface area contributed by atoms with Gasteiger partial charge in [-0.15, -0.1) is 0 Å². The second kappa shape index (κ2) is 6.30. The fourth-order valence-electron chi connectivity index (χ4n) is 2.41. The Bertz CT molecular complexity index is 698. The first-order valence-electron chi connectivity index (χ1n) is 7.22. The second-order valence-corrected chi connectivity index (χ2v) is 5.21. The van der Waals surface area contributed by atoms with Crippen LogP contribution in [-0.4, -0.2) is 11.9 Å². The molecule has 2 aromatic carbocycles. The summed E-state index contributed by atoms with van der Waals surface area (Å²) in [4.78, 5) is 23.2. The summed E-state index contributed by atoms with van der Waals surface area (Å²) in [6.45, 7) is 0.480. The second-order valence-electron chi connectivity index (χ2n) is 5.21. The quantitative estimate of drug-likeness (QED) is 0.815. The molecule has 3 rings (SSSR count). The van der Waals surface area contributed by atoms with Crippen molar-refractivity contribution in [1.82, 2.24) is 5.32 Å². The first-order valence-corrected chi connectivity index (χ1v) is 7.22. The van der Waals surface area contributed by atoms with Crippen molar-refractivity contribution in [3.8, 4) is 0 Å². The molecule has 2 aromatic rings. The summed E-state index contributed by atoms with van der Waals surface area (Å²) in [5.41, 5.74) is 3.64. The molecule has 22 heavy (non-hydrogen) atoms. The number of hydrogen-bond donors (Lipinski definition) is 3. The summed E-state index contributed by atoms with van der Waals surface area (Å²) < 4.78 is 0. The highest BCUT2D eigenvalue weighted by atomic mass is 16.2. The summed E-state index contributed by atoms with van der Waals surface area (Å²) in [5, 5.41) is 8.45. The third-order valence-corrected chi connectivity index (χ3v) is 3.55. The van der Waals surface area contributed by atoms with Crippen LogP contribution in [0.25, 0.3) is 0 Å². The van der Waals surface area contributed by atoms with Crippen LogP contribution in [0.3, 0.4) is 0 Å². The Hall–Kier alpha value is -2.82. The number of amides is 3. The van der Waals surface area contributed by atoms with Crippen molar-refractivity contribution >= 4 is 23.3 Å². The molecule has 0 aromatic heterocycles. The van der Waals surface area contributed by atoms with E-state index in [1.54, 1.807) is 6.07 Å². The van der Waals surface area contributed by atoms with Crippen molar-refractivity contribution in [2.45, 2.75) is 19.4 Å². The van der Waals surface area contributed by atoms with E-state index in [0.29, 0.717) is 19.4 Å². The largest absolute Gasteiger partial charge is 0.334 e. The molecule has 0 aliphatic carbocycles. The van der Waals surface area contributed by atoms with Gasteiger partial charge in [-0.05, 0) is 35.7 Å². The number of carbonyl (C=O) groups excluding carboxylic acids is 2. The molecule has 0 unspecified atom stereocenters. The Labute approximate surface area is 128 Å². The fraction of sp³-hybridized carbons (Fsp3) is 0.176. The minimum atomic E-state index is -0.247. The zero-order valence-electron chi connectivity index (χ0n) is 12.1. The highest BCUT2D eigenvalue weighted by Gasteiger charge is 2.15. The van der Waals surface area contributed by atoms with Crippen LogP contribution in [0.15, 0.2) is 48.5 Å². The maximum absolute atomic E-state index is 11.9. The molecule has 1 aliphatic rings. The van der Waals surface area contributed by atoms with Crippen LogP contribution < -0.4 is 16.0 Å². The van der Waals surface area contributed by atoms with Gasteiger partial charge in [0, 0.05) is 24.3 Å². The van der Waals surface area contributed by atoms with Crippen molar-refractivity contribution in [2.75, 3.05) is 10.6 Å². The number of nitrogens with one attached hydrogen (secondary N) is 3. The van der Waals surface area contributed by atoms with E-state index < -0.39 is 0 Å². The molecule has 0 atom stereocenters. The van der Waals surface area contributed by atoms with Crippen LogP contribution >= 0.6 is 0 Å². The number of hydrogen-bond acceptors (Lipinski definition) is 2. The average molecular weight is 295 g/mol. The van der Waals surface area contributed by atoms with E-state index in [1.165, 1.54) is 0 Å². The lowest BCUT2D eigenvalue weighted by atomic mass is 10.0. The number of anilines is 2. The minimum Gasteiger partial charge on any atom is -0.334 e. The van der Waals surface area contributed by atoms with Crippen molar-refractivity contribution in [3.63, 3.8) is 0 Å². The summed E-state index contributed by atoms with van der Waals surface area (Å²) in [6.07, 6.45) is 1.18. The first kappa shape index (κ1) is 14.1. The third-order valence-electron chi connectivity index (χ3n) is 3.55. The van der Waals surface area contributed by atoms with E-state index >= 15 is 0 Å². The number of benzene rings is 2. The molecule has 0 bridgehead atoms. The van der Waals surface area contributed by atoms with Crippen LogP contribution in [0.5, 0.6) is 0 Å². The molecule has 0 spiro atoms. The van der Waals surface area contributed by atoms with Crippen molar-refractivity contribution in [3.05, 3.63) is 59.7 Å². The predicted molar refractivity (Wildman–Crippen MR) is 85.7 cm³/mol. The van der Waals surface area contributed by atoms with Gasteiger partial charge in [0.2, 0.25) is 5.91 Å². The summed E-state index contributed by atoms with van der Waals surface area (Å²) in [5.74, 6) is 0.0359. The van der Waals surface area contributed by atoms with Gasteiger partial charge in [-0.3, -0.25) is 4.79 Å². The van der Waals surface area contributed by atoms with Gasteiger partial charge in [0.15, 0.2) is 0 Å². The number of urea groups is 1. The Kier molecular flexibility index (Phi) is 4.05. The number of rotatable bonds is 3. The van der Waals surface area contributed by atoms with Crippen LogP contribution in [0.2, 0.25) is 0 Å². The lowest BCUT2D eigenvalue weighted by molar-refractivity contribution is -0.116. The number of fused-ring (bicyclic) bond motifs is 1. The van der Waals surface area contributed by atoms with Gasteiger partial charge in [-0.1, -0.05) is 30.3 Å². The number of carbonyl (C=O) groups is 2. The number of aryl methyl sites for hydroxylation is 1. The van der Waals surface area contributed by atoms with Gasteiger partial charge >= 0.3 is 6.03 Å². The fourth-order valence-corrected chi connectivity index (χ4v) is 2.41. The molecule has 1 heterocycles. The molecule has 3 amide bonds. The zero-order valence-corrected chi connectivity index (χ0v) is 12.1. The molecule has 0 saturated carbocycles. The van der Waals surface area contributed by atoms with E-state index in [0.717, 1.165) is 22.5 Å². The lowest BCUT2D eigenvalue weighted by Crippen LogP contribution is -2.28. The maximum atomic E-state index is 11.9. The van der Waals surface area contributed by atoms with Crippen molar-refractivity contribution in [1.29, 1.82) is 0 Å². The molecule has 0 radical (unpaired) electrons. The third kappa shape index (κ3) is 3.44. The zero-order chi connectivity index (χ0) is 15.4. The smallest absolute Gasteiger partial charge is 0.319 e. The van der Waals surface area contributed by atoms with Crippen molar-refractivity contribution < 1.29 is 9.59 Å². The van der Waals surface area contributed by atoms with Gasteiger partial charge in [-0.25, -0.2) is 4.79 Å². The highest BCUT2D eigenvalue weighted by Crippen LogP contribution is 2.25. The normalized spacial score (nSPS) is 13.0. The van der Waals surface area contributed by atoms with Gasteiger partial charge < -0.3 is 16.0 Å². The topological polar surface area (TPSA) is 70.2 Å². The summed E-state index contributed by atoms with van der Waals surface area (Å²) in [6, 6.07) is 15.0. The summed E-state index contributed by atoms with van der Waals surface area (Å²) in [7, 11) is 0. The molecular weight excluding hydrogens is 278 g/mol. The molecule has 0 fully saturated rings. The Morgan fingerprint density at radius 2 is 1.91 bits per heavy atom. The minimum absolute atomic E-state index is 0.0359. The van der Waals surface area contributed by atoms with Gasteiger partial charge in [0.25, 0.3) is 0 Å². The standard InChI is InChI=1S/C17H17N3O2/c21-16-9-6-13-10-14(7-8-15(13)20-16)19-17(22)18-11-12-4-2-1-3-5-12/h1-5,7-8,10H,6,9,11H2,(H,20,21)(H2,18,19,22). The average Bonchev–Trinajstić information content (AvgIpc) is 2.54. The molecular formula is C17H17N3O2. The molecule has 1 aliphatic heterocycles. The van der Waals surface area contributed by atoms with Crippen LogP contribution in [0.4, 0.5) is 16.2 Å². The van der Waals surface area contributed by atoms with Crippen LogP contribution in [-0.2, 0) is 17.8 Å². The van der Waals surface area contributed by atoms with Crippen LogP contribution in [0, 0.1) is 0 Å². The Morgan fingerprint density at radius 1 is 1.09 bits per heavy atom. The Morgan fingerprint density at radius 3 is 2.73 bits per heavy atom. The molecule has 0 saturated heterocycles. The Balaban J connectivity index is 1.59. The monoisotopic (exact) mass is 295 g/mol. The maximum Gasteiger partial charge on any atom is 0.319 e. The van der Waals surface area contributed by atoms with E-state index in [4.69, 9.17) is 0 Å². The first-order chi connectivity index (χ1) is 10.7. The molecule has 112 valence electrons. The molecule has 5 nitrogen and oxygen atoms in total. The van der Waals surface area contributed by atoms with Crippen molar-refractivity contribution in [2.24, 2.45) is 0 Å². The van der Waals surface area contributed by atoms with E-state index in [9.17, 15) is 9.59 Å². The van der Waals surface area contributed by atoms with Gasteiger partial charge in [0.05, 0.1) is 0 Å². The van der Waals surface area contributed by atoms with Crippen LogP contribution in [0.1, 0.15) is 17.5 Å². The lowest BCUT2D eigenvalue weighted by Gasteiger charge is -2.17. The van der Waals surface area contributed by atoms with E-state index in [1.807, 2.05) is 42.5 Å². The summed E-state index contributed by atoms with van der Waals surface area (Å²) >= 11 is 0. The SMILES string of the molecule is O=C1CCc2cc(NC(=O)NCc3ccccc3)ccc2N1. The van der Waals surface area contributed by atoms with E-state index in [-0.39, 0.29) is 11.9 Å². The predicted octanol–water partition coefficient (Wildman–Crippen LogP) is 2.89. The van der Waals surface area contributed by atoms with Gasteiger partial charge in [0.1, 0.15) is 0 Å². The molecule has 5 heteroatoms.